The fraction of sp³-hybridized carbons (Fsp3) is 0.438. The number of hydrogen-bond acceptors (Lipinski definition) is 2. The topological polar surface area (TPSA) is 55.1 Å². The summed E-state index contributed by atoms with van der Waals surface area (Å²) in [6, 6.07) is 9.60. The van der Waals surface area contributed by atoms with E-state index in [9.17, 15) is 4.79 Å². The fourth-order valence-electron chi connectivity index (χ4n) is 2.63. The highest BCUT2D eigenvalue weighted by molar-refractivity contribution is 6.03. The Balaban J connectivity index is 2.01. The third kappa shape index (κ3) is 3.44. The van der Waals surface area contributed by atoms with Gasteiger partial charge in [0.1, 0.15) is 0 Å². The number of amides is 1. The van der Waals surface area contributed by atoms with Crippen molar-refractivity contribution in [3.63, 3.8) is 0 Å². The van der Waals surface area contributed by atoms with Gasteiger partial charge in [-0.1, -0.05) is 38.1 Å². The molecular formula is C16H22N2O. The Kier molecular flexibility index (Phi) is 4.38. The third-order valence-corrected chi connectivity index (χ3v) is 3.82. The van der Waals surface area contributed by atoms with Crippen molar-refractivity contribution in [2.75, 3.05) is 5.32 Å². The van der Waals surface area contributed by atoms with Crippen molar-refractivity contribution in [3.8, 4) is 0 Å². The van der Waals surface area contributed by atoms with E-state index >= 15 is 0 Å². The summed E-state index contributed by atoms with van der Waals surface area (Å²) in [7, 11) is 0. The van der Waals surface area contributed by atoms with E-state index in [4.69, 9.17) is 5.73 Å². The molecule has 0 aromatic heterocycles. The molecule has 1 aromatic rings. The van der Waals surface area contributed by atoms with Gasteiger partial charge in [0.25, 0.3) is 5.91 Å². The molecule has 2 rings (SSSR count). The summed E-state index contributed by atoms with van der Waals surface area (Å²) in [6.45, 7) is 4.38. The average molecular weight is 258 g/mol. The van der Waals surface area contributed by atoms with Gasteiger partial charge in [-0.2, -0.15) is 0 Å². The molecule has 19 heavy (non-hydrogen) atoms. The summed E-state index contributed by atoms with van der Waals surface area (Å²) in [4.78, 5) is 12.2. The summed E-state index contributed by atoms with van der Waals surface area (Å²) >= 11 is 0. The molecule has 0 fully saturated rings. The zero-order chi connectivity index (χ0) is 13.8. The van der Waals surface area contributed by atoms with Crippen LogP contribution in [0.4, 0.5) is 5.69 Å². The number of hydrogen-bond donors (Lipinski definition) is 2. The molecule has 102 valence electrons. The number of carbonyl (C=O) groups excluding carboxylic acids is 1. The number of anilines is 1. The van der Waals surface area contributed by atoms with Gasteiger partial charge in [-0.05, 0) is 36.8 Å². The van der Waals surface area contributed by atoms with E-state index in [1.807, 2.05) is 36.4 Å². The molecule has 2 unspecified atom stereocenters. The third-order valence-electron chi connectivity index (χ3n) is 3.82. The van der Waals surface area contributed by atoms with E-state index in [-0.39, 0.29) is 11.9 Å². The van der Waals surface area contributed by atoms with E-state index < -0.39 is 0 Å². The maximum atomic E-state index is 12.2. The predicted molar refractivity (Wildman–Crippen MR) is 78.7 cm³/mol. The lowest BCUT2D eigenvalue weighted by molar-refractivity contribution is -0.113. The normalized spacial score (nSPS) is 23.1. The monoisotopic (exact) mass is 258 g/mol. The second kappa shape index (κ2) is 6.02. The highest BCUT2D eigenvalue weighted by atomic mass is 16.1. The highest BCUT2D eigenvalue weighted by Gasteiger charge is 2.27. The van der Waals surface area contributed by atoms with E-state index in [0.29, 0.717) is 18.3 Å². The summed E-state index contributed by atoms with van der Waals surface area (Å²) < 4.78 is 0. The van der Waals surface area contributed by atoms with Crippen LogP contribution in [0.1, 0.15) is 26.7 Å². The molecule has 0 heterocycles. The first kappa shape index (κ1) is 13.8. The molecule has 1 aliphatic carbocycles. The zero-order valence-electron chi connectivity index (χ0n) is 11.6. The predicted octanol–water partition coefficient (Wildman–Crippen LogP) is 2.94. The molecule has 0 spiro atoms. The number of nitrogens with two attached hydrogens (primary N) is 1. The van der Waals surface area contributed by atoms with Gasteiger partial charge in [-0.15, -0.1) is 0 Å². The number of allylic oxidation sites excluding steroid dienone is 1. The van der Waals surface area contributed by atoms with Gasteiger partial charge in [-0.3, -0.25) is 4.79 Å². The Hall–Kier alpha value is -1.61. The van der Waals surface area contributed by atoms with Crippen LogP contribution in [0.2, 0.25) is 0 Å². The molecule has 1 aliphatic rings. The van der Waals surface area contributed by atoms with Crippen LogP contribution in [0.25, 0.3) is 0 Å². The summed E-state index contributed by atoms with van der Waals surface area (Å²) in [6.07, 6.45) is 3.62. The smallest absolute Gasteiger partial charge is 0.251 e. The van der Waals surface area contributed by atoms with E-state index in [2.05, 4.69) is 19.2 Å². The lowest BCUT2D eigenvalue weighted by atomic mass is 9.78. The summed E-state index contributed by atoms with van der Waals surface area (Å²) in [5, 5.41) is 2.91. The van der Waals surface area contributed by atoms with Gasteiger partial charge in [-0.25, -0.2) is 0 Å². The van der Waals surface area contributed by atoms with Gasteiger partial charge in [0.2, 0.25) is 0 Å². The van der Waals surface area contributed by atoms with Gasteiger partial charge in [0.05, 0.1) is 0 Å². The van der Waals surface area contributed by atoms with Gasteiger partial charge in [0, 0.05) is 17.3 Å². The van der Waals surface area contributed by atoms with Crippen LogP contribution in [0.3, 0.4) is 0 Å². The van der Waals surface area contributed by atoms with Crippen molar-refractivity contribution in [2.45, 2.75) is 32.7 Å². The Morgan fingerprint density at radius 2 is 2.00 bits per heavy atom. The molecule has 0 saturated carbocycles. The molecule has 0 saturated heterocycles. The van der Waals surface area contributed by atoms with Crippen LogP contribution >= 0.6 is 0 Å². The summed E-state index contributed by atoms with van der Waals surface area (Å²) in [5.74, 6) is 1.02. The first-order chi connectivity index (χ1) is 9.08. The second-order valence-corrected chi connectivity index (χ2v) is 5.56. The molecular weight excluding hydrogens is 236 g/mol. The minimum Gasteiger partial charge on any atom is -0.327 e. The molecule has 1 amide bonds. The zero-order valence-corrected chi connectivity index (χ0v) is 11.6. The molecule has 0 aliphatic heterocycles. The number of para-hydroxylation sites is 1. The standard InChI is InChI=1S/C16H22N2O/c1-11(2)14-9-8-12(10-15(14)17)16(19)18-13-6-4-3-5-7-13/h3-8,11,14-15H,9-10,17H2,1-2H3,(H,18,19). The van der Waals surface area contributed by atoms with Crippen LogP contribution in [0.5, 0.6) is 0 Å². The van der Waals surface area contributed by atoms with Crippen LogP contribution < -0.4 is 11.1 Å². The maximum Gasteiger partial charge on any atom is 0.251 e. The van der Waals surface area contributed by atoms with E-state index in [0.717, 1.165) is 17.7 Å². The van der Waals surface area contributed by atoms with E-state index in [1.165, 1.54) is 0 Å². The first-order valence-electron chi connectivity index (χ1n) is 6.89. The molecule has 0 radical (unpaired) electrons. The lowest BCUT2D eigenvalue weighted by Gasteiger charge is -2.31. The Labute approximate surface area is 114 Å². The number of carbonyl (C=O) groups is 1. The highest BCUT2D eigenvalue weighted by Crippen LogP contribution is 2.28. The summed E-state index contributed by atoms with van der Waals surface area (Å²) in [5.41, 5.74) is 7.82. The Morgan fingerprint density at radius 1 is 1.32 bits per heavy atom. The fourth-order valence-corrected chi connectivity index (χ4v) is 2.63. The van der Waals surface area contributed by atoms with Crippen molar-refractivity contribution in [1.82, 2.24) is 0 Å². The van der Waals surface area contributed by atoms with Gasteiger partial charge < -0.3 is 11.1 Å². The maximum absolute atomic E-state index is 12.2. The van der Waals surface area contributed by atoms with Gasteiger partial charge in [0.15, 0.2) is 0 Å². The van der Waals surface area contributed by atoms with Crippen molar-refractivity contribution in [3.05, 3.63) is 42.0 Å². The second-order valence-electron chi connectivity index (χ2n) is 5.56. The average Bonchev–Trinajstić information content (AvgIpc) is 2.39. The van der Waals surface area contributed by atoms with Crippen LogP contribution in [-0.4, -0.2) is 11.9 Å². The number of nitrogens with one attached hydrogen (secondary N) is 1. The number of rotatable bonds is 3. The van der Waals surface area contributed by atoms with Crippen molar-refractivity contribution in [2.24, 2.45) is 17.6 Å². The van der Waals surface area contributed by atoms with Gasteiger partial charge >= 0.3 is 0 Å². The van der Waals surface area contributed by atoms with Crippen molar-refractivity contribution in [1.29, 1.82) is 0 Å². The minimum absolute atomic E-state index is 0.0242. The first-order valence-corrected chi connectivity index (χ1v) is 6.89. The van der Waals surface area contributed by atoms with Crippen molar-refractivity contribution < 1.29 is 4.79 Å². The molecule has 2 atom stereocenters. The lowest BCUT2D eigenvalue weighted by Crippen LogP contribution is -2.37. The molecule has 3 heteroatoms. The number of benzene rings is 1. The molecule has 3 nitrogen and oxygen atoms in total. The molecule has 3 N–H and O–H groups in total. The van der Waals surface area contributed by atoms with Crippen LogP contribution in [-0.2, 0) is 4.79 Å². The SMILES string of the molecule is CC(C)C1CC=C(C(=O)Nc2ccccc2)CC1N. The molecule has 0 bridgehead atoms. The largest absolute Gasteiger partial charge is 0.327 e. The van der Waals surface area contributed by atoms with Crippen molar-refractivity contribution >= 4 is 11.6 Å². The van der Waals surface area contributed by atoms with Crippen LogP contribution in [0.15, 0.2) is 42.0 Å². The molecule has 1 aromatic carbocycles. The Bertz CT molecular complexity index is 465. The quantitative estimate of drug-likeness (QED) is 0.875. The van der Waals surface area contributed by atoms with Crippen LogP contribution in [0, 0.1) is 11.8 Å². The minimum atomic E-state index is -0.0242. The Morgan fingerprint density at radius 3 is 2.58 bits per heavy atom. The van der Waals surface area contributed by atoms with E-state index in [1.54, 1.807) is 0 Å².